The van der Waals surface area contributed by atoms with Gasteiger partial charge in [0.1, 0.15) is 11.9 Å². The van der Waals surface area contributed by atoms with Gasteiger partial charge in [-0.25, -0.2) is 0 Å². The SMILES string of the molecule is NC1(c2ccc(C3N=C4C=C(Br)C=CN4C3c3ccccc3)cc2)CCC1. The van der Waals surface area contributed by atoms with Crippen LogP contribution >= 0.6 is 15.9 Å². The van der Waals surface area contributed by atoms with E-state index in [1.165, 1.54) is 23.1 Å². The second-order valence-electron chi connectivity index (χ2n) is 7.67. The Morgan fingerprint density at radius 2 is 1.74 bits per heavy atom. The van der Waals surface area contributed by atoms with E-state index in [2.05, 4.69) is 93.8 Å². The third kappa shape index (κ3) is 2.88. The fourth-order valence-electron chi connectivity index (χ4n) is 4.29. The van der Waals surface area contributed by atoms with E-state index in [0.717, 1.165) is 23.2 Å². The number of rotatable bonds is 3. The van der Waals surface area contributed by atoms with Crippen LogP contribution in [0.15, 0.2) is 82.4 Å². The van der Waals surface area contributed by atoms with Crippen LogP contribution in [-0.2, 0) is 5.54 Å². The second-order valence-corrected chi connectivity index (χ2v) is 8.59. The molecule has 2 unspecified atom stereocenters. The largest absolute Gasteiger partial charge is 0.323 e. The van der Waals surface area contributed by atoms with Crippen molar-refractivity contribution in [3.8, 4) is 0 Å². The number of amidine groups is 1. The molecule has 0 amide bonds. The summed E-state index contributed by atoms with van der Waals surface area (Å²) in [4.78, 5) is 7.34. The molecule has 2 aromatic rings. The Hall–Kier alpha value is -2.17. The molecule has 1 aliphatic carbocycles. The lowest BCUT2D eigenvalue weighted by molar-refractivity contribution is 0.253. The quantitative estimate of drug-likeness (QED) is 0.730. The van der Waals surface area contributed by atoms with Gasteiger partial charge in [-0.2, -0.15) is 0 Å². The second kappa shape index (κ2) is 6.47. The number of allylic oxidation sites excluding steroid dienone is 2. The summed E-state index contributed by atoms with van der Waals surface area (Å²) in [5.74, 6) is 1.00. The molecule has 2 atom stereocenters. The summed E-state index contributed by atoms with van der Waals surface area (Å²) >= 11 is 3.58. The molecular formula is C23H22BrN3. The third-order valence-corrected chi connectivity index (χ3v) is 6.50. The van der Waals surface area contributed by atoms with Gasteiger partial charge in [-0.05, 0) is 48.1 Å². The minimum Gasteiger partial charge on any atom is -0.323 e. The van der Waals surface area contributed by atoms with E-state index < -0.39 is 0 Å². The minimum absolute atomic E-state index is 0.0610. The highest BCUT2D eigenvalue weighted by molar-refractivity contribution is 9.11. The first-order chi connectivity index (χ1) is 13.1. The molecule has 27 heavy (non-hydrogen) atoms. The molecule has 0 spiro atoms. The number of aliphatic imine (C=N–C) groups is 1. The minimum atomic E-state index is -0.118. The van der Waals surface area contributed by atoms with Gasteiger partial charge in [0.15, 0.2) is 0 Å². The maximum Gasteiger partial charge on any atom is 0.129 e. The summed E-state index contributed by atoms with van der Waals surface area (Å²) in [6.07, 6.45) is 9.69. The van der Waals surface area contributed by atoms with Gasteiger partial charge in [0.25, 0.3) is 0 Å². The zero-order valence-electron chi connectivity index (χ0n) is 15.1. The van der Waals surface area contributed by atoms with E-state index in [4.69, 9.17) is 10.7 Å². The predicted octanol–water partition coefficient (Wildman–Crippen LogP) is 5.33. The Morgan fingerprint density at radius 3 is 2.41 bits per heavy atom. The van der Waals surface area contributed by atoms with Gasteiger partial charge in [-0.15, -0.1) is 0 Å². The lowest BCUT2D eigenvalue weighted by Gasteiger charge is -2.38. The fraction of sp³-hybridized carbons (Fsp3) is 0.261. The van der Waals surface area contributed by atoms with Crippen molar-refractivity contribution in [2.75, 3.05) is 0 Å². The summed E-state index contributed by atoms with van der Waals surface area (Å²) in [5.41, 5.74) is 10.1. The average molecular weight is 420 g/mol. The topological polar surface area (TPSA) is 41.6 Å². The smallest absolute Gasteiger partial charge is 0.129 e. The first-order valence-electron chi connectivity index (χ1n) is 9.50. The van der Waals surface area contributed by atoms with E-state index >= 15 is 0 Å². The van der Waals surface area contributed by atoms with Crippen molar-refractivity contribution >= 4 is 21.8 Å². The van der Waals surface area contributed by atoms with Crippen LogP contribution in [0.5, 0.6) is 0 Å². The standard InChI is InChI=1S/C23H22BrN3/c24-19-11-14-27-20(15-19)26-21(22(27)17-5-2-1-3-6-17)16-7-9-18(10-8-16)23(25)12-4-13-23/h1-3,5-11,14-15,21-22H,4,12-13,25H2. The van der Waals surface area contributed by atoms with Crippen LogP contribution in [0.25, 0.3) is 0 Å². The first kappa shape index (κ1) is 17.0. The molecular weight excluding hydrogens is 398 g/mol. The number of hydrogen-bond donors (Lipinski definition) is 1. The van der Waals surface area contributed by atoms with Crippen molar-refractivity contribution in [2.24, 2.45) is 10.7 Å². The zero-order valence-corrected chi connectivity index (χ0v) is 16.6. The summed E-state index contributed by atoms with van der Waals surface area (Å²) in [6, 6.07) is 19.7. The Labute approximate surface area is 168 Å². The molecule has 0 bridgehead atoms. The van der Waals surface area contributed by atoms with Gasteiger partial charge in [-0.3, -0.25) is 4.99 Å². The van der Waals surface area contributed by atoms with Gasteiger partial charge in [0, 0.05) is 16.2 Å². The van der Waals surface area contributed by atoms with Gasteiger partial charge in [0.2, 0.25) is 0 Å². The van der Waals surface area contributed by atoms with Crippen molar-refractivity contribution < 1.29 is 0 Å². The molecule has 1 fully saturated rings. The Balaban J connectivity index is 1.53. The van der Waals surface area contributed by atoms with Crippen LogP contribution in [0.3, 0.4) is 0 Å². The summed E-state index contributed by atoms with van der Waals surface area (Å²) in [5, 5.41) is 0. The lowest BCUT2D eigenvalue weighted by atomic mass is 9.72. The van der Waals surface area contributed by atoms with Crippen LogP contribution in [0.4, 0.5) is 0 Å². The number of nitrogens with two attached hydrogens (primary N) is 1. The molecule has 136 valence electrons. The molecule has 0 radical (unpaired) electrons. The van der Waals surface area contributed by atoms with Gasteiger partial charge < -0.3 is 10.6 Å². The molecule has 2 aromatic carbocycles. The lowest BCUT2D eigenvalue weighted by Crippen LogP contribution is -2.43. The summed E-state index contributed by atoms with van der Waals surface area (Å²) in [7, 11) is 0. The van der Waals surface area contributed by atoms with E-state index in [-0.39, 0.29) is 17.6 Å². The Kier molecular flexibility index (Phi) is 4.06. The van der Waals surface area contributed by atoms with Crippen molar-refractivity contribution in [1.82, 2.24) is 4.90 Å². The average Bonchev–Trinajstić information content (AvgIpc) is 3.05. The maximum atomic E-state index is 6.50. The van der Waals surface area contributed by atoms with Crippen LogP contribution in [0.2, 0.25) is 0 Å². The monoisotopic (exact) mass is 419 g/mol. The number of nitrogens with zero attached hydrogens (tertiary/aromatic N) is 2. The van der Waals surface area contributed by atoms with Gasteiger partial charge in [-0.1, -0.05) is 70.5 Å². The maximum absolute atomic E-state index is 6.50. The van der Waals surface area contributed by atoms with Crippen LogP contribution < -0.4 is 5.73 Å². The molecule has 2 aliphatic heterocycles. The van der Waals surface area contributed by atoms with Crippen molar-refractivity contribution in [3.63, 3.8) is 0 Å². The fourth-order valence-corrected chi connectivity index (χ4v) is 4.61. The van der Waals surface area contributed by atoms with E-state index in [1.807, 2.05) is 0 Å². The molecule has 0 aromatic heterocycles. The predicted molar refractivity (Wildman–Crippen MR) is 114 cm³/mol. The van der Waals surface area contributed by atoms with Crippen LogP contribution in [-0.4, -0.2) is 10.7 Å². The first-order valence-corrected chi connectivity index (χ1v) is 10.3. The number of fused-ring (bicyclic) bond motifs is 1. The highest BCUT2D eigenvalue weighted by Crippen LogP contribution is 2.45. The van der Waals surface area contributed by atoms with Crippen LogP contribution in [0, 0.1) is 0 Å². The molecule has 4 heteroatoms. The molecule has 5 rings (SSSR count). The Morgan fingerprint density at radius 1 is 1.00 bits per heavy atom. The zero-order chi connectivity index (χ0) is 18.4. The normalized spacial score (nSPS) is 25.5. The molecule has 3 aliphatic rings. The van der Waals surface area contributed by atoms with Crippen molar-refractivity contribution in [3.05, 3.63) is 94.1 Å². The van der Waals surface area contributed by atoms with E-state index in [0.29, 0.717) is 0 Å². The highest BCUT2D eigenvalue weighted by atomic mass is 79.9. The summed E-state index contributed by atoms with van der Waals surface area (Å²) < 4.78 is 1.05. The number of hydrogen-bond acceptors (Lipinski definition) is 3. The third-order valence-electron chi connectivity index (χ3n) is 6.01. The molecule has 3 nitrogen and oxygen atoms in total. The van der Waals surface area contributed by atoms with Gasteiger partial charge >= 0.3 is 0 Å². The highest BCUT2D eigenvalue weighted by Gasteiger charge is 2.38. The van der Waals surface area contributed by atoms with Crippen molar-refractivity contribution in [1.29, 1.82) is 0 Å². The van der Waals surface area contributed by atoms with Crippen molar-refractivity contribution in [2.45, 2.75) is 36.9 Å². The number of halogens is 1. The Bertz CT molecular complexity index is 939. The van der Waals surface area contributed by atoms with Gasteiger partial charge in [0.05, 0.1) is 6.04 Å². The van der Waals surface area contributed by atoms with E-state index in [1.54, 1.807) is 0 Å². The molecule has 1 saturated carbocycles. The number of benzene rings is 2. The van der Waals surface area contributed by atoms with E-state index in [9.17, 15) is 0 Å². The molecule has 2 N–H and O–H groups in total. The molecule has 0 saturated heterocycles. The summed E-state index contributed by atoms with van der Waals surface area (Å²) in [6.45, 7) is 0. The van der Waals surface area contributed by atoms with Crippen LogP contribution in [0.1, 0.15) is 48.0 Å². The molecule has 2 heterocycles.